The standard InChI is InChI=1S/CH3O2Se/c1-3-4-2/h1H3. The molecule has 0 heterocycles. The summed E-state index contributed by atoms with van der Waals surface area (Å²) in [6.07, 6.45) is 0. The molecule has 0 aromatic carbocycles. The Morgan fingerprint density at radius 3 is 2.25 bits per heavy atom. The first-order chi connectivity index (χ1) is 1.91. The van der Waals surface area contributed by atoms with Crippen molar-refractivity contribution < 1.29 is 8.01 Å². The minimum atomic E-state index is -0.833. The van der Waals surface area contributed by atoms with Crippen LogP contribution in [0.4, 0.5) is 0 Å². The molecule has 0 aliphatic rings. The van der Waals surface area contributed by atoms with Gasteiger partial charge in [0.15, 0.2) is 0 Å². The van der Waals surface area contributed by atoms with E-state index in [0.717, 1.165) is 0 Å². The summed E-state index contributed by atoms with van der Waals surface area (Å²) < 4.78 is 13.2. The molecule has 0 fully saturated rings. The molecule has 0 bridgehead atoms. The van der Waals surface area contributed by atoms with E-state index in [0.29, 0.717) is 0 Å². The molecule has 0 aromatic heterocycles. The van der Waals surface area contributed by atoms with Gasteiger partial charge in [0.05, 0.1) is 0 Å². The topological polar surface area (TPSA) is 29.1 Å². The molecule has 1 radical (unpaired) electrons. The van der Waals surface area contributed by atoms with Gasteiger partial charge in [-0.3, -0.25) is 0 Å². The van der Waals surface area contributed by atoms with Crippen LogP contribution in [0.15, 0.2) is 0 Å². The third-order valence-corrected chi connectivity index (χ3v) is 0.354. The van der Waals surface area contributed by atoms with Crippen LogP contribution in [0, 0.1) is 0 Å². The molecular weight excluding hydrogens is 123 g/mol. The Balaban J connectivity index is 1.97. The predicted molar refractivity (Wildman–Crippen MR) is 13.4 cm³/mol. The fraction of sp³-hybridized carbons (Fsp3) is 1.00. The van der Waals surface area contributed by atoms with Gasteiger partial charge in [-0.05, 0) is 0 Å². The van der Waals surface area contributed by atoms with Crippen LogP contribution >= 0.6 is 0 Å². The third-order valence-electron chi connectivity index (χ3n) is 0.0680. The zero-order chi connectivity index (χ0) is 3.41. The van der Waals surface area contributed by atoms with E-state index in [1.165, 1.54) is 7.11 Å². The summed E-state index contributed by atoms with van der Waals surface area (Å²) in [6.45, 7) is 0. The Morgan fingerprint density at radius 2 is 2.25 bits per heavy atom. The average Bonchev–Trinajstić information content (AvgIpc) is 1.37. The van der Waals surface area contributed by atoms with Gasteiger partial charge in [-0.25, -0.2) is 0 Å². The molecular formula is CH3O2Se. The van der Waals surface area contributed by atoms with Crippen LogP contribution < -0.4 is 0 Å². The van der Waals surface area contributed by atoms with E-state index < -0.39 is 15.6 Å². The van der Waals surface area contributed by atoms with Crippen molar-refractivity contribution in [2.75, 3.05) is 7.11 Å². The minimum absolute atomic E-state index is 0.833. The van der Waals surface area contributed by atoms with Crippen molar-refractivity contribution in [3.8, 4) is 0 Å². The van der Waals surface area contributed by atoms with E-state index >= 15 is 0 Å². The maximum absolute atomic E-state index is 9.14. The molecule has 0 saturated carbocycles. The summed E-state index contributed by atoms with van der Waals surface area (Å²) in [5.74, 6) is 0. The molecule has 0 aliphatic carbocycles. The molecule has 0 amide bonds. The summed E-state index contributed by atoms with van der Waals surface area (Å²) in [5.41, 5.74) is 0. The van der Waals surface area contributed by atoms with Crippen molar-refractivity contribution in [2.45, 2.75) is 0 Å². The van der Waals surface area contributed by atoms with Gasteiger partial charge in [-0.15, -0.1) is 0 Å². The van der Waals surface area contributed by atoms with Gasteiger partial charge >= 0.3 is 30.7 Å². The van der Waals surface area contributed by atoms with Crippen LogP contribution in [0.5, 0.6) is 0 Å². The molecule has 0 atom stereocenters. The van der Waals surface area contributed by atoms with Crippen molar-refractivity contribution in [2.24, 2.45) is 0 Å². The van der Waals surface area contributed by atoms with Crippen molar-refractivity contribution in [3.05, 3.63) is 0 Å². The Labute approximate surface area is 31.6 Å². The van der Waals surface area contributed by atoms with Crippen molar-refractivity contribution in [1.29, 1.82) is 0 Å². The second-order valence-corrected chi connectivity index (χ2v) is 1.22. The van der Waals surface area contributed by atoms with Crippen molar-refractivity contribution >= 4 is 15.6 Å². The Hall–Kier alpha value is 0.439. The normalized spacial score (nSPS) is 7.50. The van der Waals surface area contributed by atoms with Crippen LogP contribution in [0.2, 0.25) is 0 Å². The summed E-state index contributed by atoms with van der Waals surface area (Å²) in [4.78, 5) is 0. The third kappa shape index (κ3) is 2.44. The first-order valence-corrected chi connectivity index (χ1v) is 2.14. The Bertz CT molecular complexity index is 8.00. The van der Waals surface area contributed by atoms with E-state index in [-0.39, 0.29) is 0 Å². The van der Waals surface area contributed by atoms with Gasteiger partial charge in [-0.1, -0.05) is 0 Å². The van der Waals surface area contributed by atoms with Crippen molar-refractivity contribution in [1.82, 2.24) is 0 Å². The second kappa shape index (κ2) is 3.44. The zero-order valence-electron chi connectivity index (χ0n) is 2.22. The molecule has 0 spiro atoms. The van der Waals surface area contributed by atoms with Crippen LogP contribution in [0.25, 0.3) is 0 Å². The molecule has 0 N–H and O–H groups in total. The molecule has 0 aromatic rings. The maximum atomic E-state index is 9.14. The fourth-order valence-electron chi connectivity index (χ4n) is 0. The molecule has 3 heteroatoms. The van der Waals surface area contributed by atoms with Gasteiger partial charge in [0.2, 0.25) is 0 Å². The van der Waals surface area contributed by atoms with E-state index in [1.54, 1.807) is 0 Å². The first-order valence-electron chi connectivity index (χ1n) is 0.742. The summed E-state index contributed by atoms with van der Waals surface area (Å²) >= 11 is -0.833. The number of hydrogen-bond donors (Lipinski definition) is 0. The molecule has 0 saturated heterocycles. The molecule has 25 valence electrons. The van der Waals surface area contributed by atoms with Crippen LogP contribution in [-0.4, -0.2) is 22.7 Å². The van der Waals surface area contributed by atoms with E-state index in [9.17, 15) is 0 Å². The van der Waals surface area contributed by atoms with Gasteiger partial charge in [0.25, 0.3) is 0 Å². The van der Waals surface area contributed by atoms with E-state index in [4.69, 9.17) is 4.19 Å². The van der Waals surface area contributed by atoms with Crippen LogP contribution in [0.3, 0.4) is 0 Å². The average molecular weight is 126 g/mol. The van der Waals surface area contributed by atoms with Gasteiger partial charge in [-0.2, -0.15) is 0 Å². The van der Waals surface area contributed by atoms with Gasteiger partial charge < -0.3 is 0 Å². The molecule has 4 heavy (non-hydrogen) atoms. The summed E-state index contributed by atoms with van der Waals surface area (Å²) in [6, 6.07) is 0. The predicted octanol–water partition coefficient (Wildman–Crippen LogP) is -0.403. The number of hydrogen-bond acceptors (Lipinski definition) is 1. The quantitative estimate of drug-likeness (QED) is 0.439. The fourth-order valence-corrected chi connectivity index (χ4v) is 0. The Kier molecular flexibility index (Phi) is 3.82. The number of rotatable bonds is 1. The second-order valence-electron chi connectivity index (χ2n) is 0.235. The van der Waals surface area contributed by atoms with Gasteiger partial charge in [0, 0.05) is 0 Å². The summed E-state index contributed by atoms with van der Waals surface area (Å²) in [7, 11) is 1.40. The first kappa shape index (κ1) is 4.44. The molecule has 0 unspecified atom stereocenters. The molecule has 2 nitrogen and oxygen atoms in total. The van der Waals surface area contributed by atoms with Gasteiger partial charge in [0.1, 0.15) is 0 Å². The van der Waals surface area contributed by atoms with Crippen molar-refractivity contribution in [3.63, 3.8) is 0 Å². The van der Waals surface area contributed by atoms with Crippen LogP contribution in [0.1, 0.15) is 0 Å². The monoisotopic (exact) mass is 127 g/mol. The molecule has 0 aliphatic heterocycles. The zero-order valence-corrected chi connectivity index (χ0v) is 3.94. The van der Waals surface area contributed by atoms with E-state index in [1.807, 2.05) is 0 Å². The van der Waals surface area contributed by atoms with E-state index in [2.05, 4.69) is 3.82 Å². The summed E-state index contributed by atoms with van der Waals surface area (Å²) in [5, 5.41) is 0. The SMILES string of the molecule is CO[Se][O]. The Morgan fingerprint density at radius 1 is 2.00 bits per heavy atom. The molecule has 0 rings (SSSR count). The van der Waals surface area contributed by atoms with Crippen LogP contribution in [-0.2, 0) is 8.01 Å².